The van der Waals surface area contributed by atoms with Gasteiger partial charge in [-0.3, -0.25) is 0 Å². The van der Waals surface area contributed by atoms with Crippen molar-refractivity contribution in [2.24, 2.45) is 0 Å². The molecule has 3 heteroatoms. The smallest absolute Gasteiger partial charge is 0.0779 e. The first-order valence-electron chi connectivity index (χ1n) is 5.90. The van der Waals surface area contributed by atoms with Gasteiger partial charge in [0.1, 0.15) is 0 Å². The Morgan fingerprint density at radius 2 is 1.33 bits per heavy atom. The van der Waals surface area contributed by atoms with E-state index >= 15 is 0 Å². The average Bonchev–Trinajstić information content (AvgIpc) is 2.16. The SMILES string of the molecule is CC(O)COC(C)CO.CCC.CCC. The summed E-state index contributed by atoms with van der Waals surface area (Å²) in [6, 6.07) is 0. The zero-order chi connectivity index (χ0) is 12.7. The van der Waals surface area contributed by atoms with Gasteiger partial charge in [-0.05, 0) is 13.8 Å². The molecule has 0 spiro atoms. The molecule has 3 nitrogen and oxygen atoms in total. The molecule has 0 aromatic carbocycles. The van der Waals surface area contributed by atoms with Crippen molar-refractivity contribution >= 4 is 0 Å². The van der Waals surface area contributed by atoms with E-state index in [1.54, 1.807) is 13.8 Å². The Hall–Kier alpha value is -0.120. The number of aliphatic hydroxyl groups excluding tert-OH is 2. The fraction of sp³-hybridized carbons (Fsp3) is 1.00. The Morgan fingerprint density at radius 1 is 1.00 bits per heavy atom. The van der Waals surface area contributed by atoms with Gasteiger partial charge < -0.3 is 14.9 Å². The van der Waals surface area contributed by atoms with E-state index in [0.29, 0.717) is 6.61 Å². The van der Waals surface area contributed by atoms with Crippen molar-refractivity contribution < 1.29 is 14.9 Å². The molecular formula is C12H30O3. The van der Waals surface area contributed by atoms with E-state index in [9.17, 15) is 0 Å². The summed E-state index contributed by atoms with van der Waals surface area (Å²) in [5.74, 6) is 0. The molecular weight excluding hydrogens is 192 g/mol. The van der Waals surface area contributed by atoms with Crippen LogP contribution in [0, 0.1) is 0 Å². The van der Waals surface area contributed by atoms with Crippen molar-refractivity contribution in [3.05, 3.63) is 0 Å². The van der Waals surface area contributed by atoms with Gasteiger partial charge in [-0.1, -0.05) is 40.5 Å². The molecule has 0 aromatic heterocycles. The summed E-state index contributed by atoms with van der Waals surface area (Å²) in [4.78, 5) is 0. The van der Waals surface area contributed by atoms with Crippen LogP contribution in [0.3, 0.4) is 0 Å². The minimum absolute atomic E-state index is 0.00667. The second-order valence-corrected chi connectivity index (χ2v) is 3.59. The van der Waals surface area contributed by atoms with Crippen molar-refractivity contribution in [3.63, 3.8) is 0 Å². The van der Waals surface area contributed by atoms with Crippen molar-refractivity contribution in [2.45, 2.75) is 66.6 Å². The minimum Gasteiger partial charge on any atom is -0.394 e. The average molecular weight is 222 g/mol. The van der Waals surface area contributed by atoms with E-state index in [0.717, 1.165) is 0 Å². The fourth-order valence-electron chi connectivity index (χ4n) is 0.356. The predicted octanol–water partition coefficient (Wildman–Crippen LogP) is 2.60. The van der Waals surface area contributed by atoms with Crippen LogP contribution in [-0.2, 0) is 4.74 Å². The molecule has 0 saturated carbocycles. The summed E-state index contributed by atoms with van der Waals surface area (Å²) < 4.78 is 4.95. The molecule has 0 radical (unpaired) electrons. The molecule has 0 rings (SSSR count). The third-order valence-corrected chi connectivity index (χ3v) is 0.879. The normalized spacial score (nSPS) is 12.8. The first kappa shape index (κ1) is 20.3. The van der Waals surface area contributed by atoms with Crippen molar-refractivity contribution in [2.75, 3.05) is 13.2 Å². The maximum Gasteiger partial charge on any atom is 0.0779 e. The van der Waals surface area contributed by atoms with Gasteiger partial charge in [-0.25, -0.2) is 0 Å². The highest BCUT2D eigenvalue weighted by Gasteiger charge is 2.00. The maximum absolute atomic E-state index is 8.69. The second-order valence-electron chi connectivity index (χ2n) is 3.59. The summed E-state index contributed by atoms with van der Waals surface area (Å²) in [5.41, 5.74) is 0. The lowest BCUT2D eigenvalue weighted by molar-refractivity contribution is -0.0177. The molecule has 96 valence electrons. The van der Waals surface area contributed by atoms with Crippen molar-refractivity contribution in [3.8, 4) is 0 Å². The van der Waals surface area contributed by atoms with Gasteiger partial charge in [-0.15, -0.1) is 0 Å². The van der Waals surface area contributed by atoms with Gasteiger partial charge in [0.15, 0.2) is 0 Å². The zero-order valence-corrected chi connectivity index (χ0v) is 11.3. The molecule has 0 heterocycles. The van der Waals surface area contributed by atoms with Crippen LogP contribution in [0.4, 0.5) is 0 Å². The Labute approximate surface area is 95.5 Å². The van der Waals surface area contributed by atoms with Gasteiger partial charge in [-0.2, -0.15) is 0 Å². The molecule has 0 aromatic rings. The van der Waals surface area contributed by atoms with Gasteiger partial charge in [0.25, 0.3) is 0 Å². The lowest BCUT2D eigenvalue weighted by Crippen LogP contribution is -2.19. The predicted molar refractivity (Wildman–Crippen MR) is 66.1 cm³/mol. The number of ether oxygens (including phenoxy) is 1. The van der Waals surface area contributed by atoms with Crippen LogP contribution in [0.2, 0.25) is 0 Å². The number of aliphatic hydroxyl groups is 2. The molecule has 15 heavy (non-hydrogen) atoms. The monoisotopic (exact) mass is 222 g/mol. The van der Waals surface area contributed by atoms with E-state index in [4.69, 9.17) is 14.9 Å². The Morgan fingerprint density at radius 3 is 1.53 bits per heavy atom. The van der Waals surface area contributed by atoms with E-state index in [1.807, 2.05) is 0 Å². The Bertz CT molecular complexity index is 82.9. The molecule has 0 fully saturated rings. The van der Waals surface area contributed by atoms with E-state index in [2.05, 4.69) is 27.7 Å². The Kier molecular flexibility index (Phi) is 26.3. The summed E-state index contributed by atoms with van der Waals surface area (Å²) in [5, 5.41) is 17.1. The van der Waals surface area contributed by atoms with Crippen molar-refractivity contribution in [1.29, 1.82) is 0 Å². The van der Waals surface area contributed by atoms with Gasteiger partial charge >= 0.3 is 0 Å². The highest BCUT2D eigenvalue weighted by atomic mass is 16.5. The van der Waals surface area contributed by atoms with Crippen LogP contribution < -0.4 is 0 Å². The summed E-state index contributed by atoms with van der Waals surface area (Å²) >= 11 is 0. The molecule has 0 amide bonds. The molecule has 0 saturated heterocycles. The van der Waals surface area contributed by atoms with Gasteiger partial charge in [0.2, 0.25) is 0 Å². The molecule has 2 atom stereocenters. The lowest BCUT2D eigenvalue weighted by Gasteiger charge is -2.10. The summed E-state index contributed by atoms with van der Waals surface area (Å²) in [7, 11) is 0. The van der Waals surface area contributed by atoms with Crippen LogP contribution in [0.25, 0.3) is 0 Å². The minimum atomic E-state index is -0.445. The van der Waals surface area contributed by atoms with E-state index in [1.165, 1.54) is 12.8 Å². The van der Waals surface area contributed by atoms with Crippen LogP contribution >= 0.6 is 0 Å². The highest BCUT2D eigenvalue weighted by molar-refractivity contribution is 4.47. The topological polar surface area (TPSA) is 49.7 Å². The number of rotatable bonds is 4. The number of hydrogen-bond donors (Lipinski definition) is 2. The molecule has 2 N–H and O–H groups in total. The number of hydrogen-bond acceptors (Lipinski definition) is 3. The largest absolute Gasteiger partial charge is 0.394 e. The maximum atomic E-state index is 8.69. The standard InChI is InChI=1S/C6H14O3.2C3H8/c1-5(8)4-9-6(2)3-7;2*1-3-2/h5-8H,3-4H2,1-2H3;2*3H2,1-2H3. The molecule has 0 aliphatic carbocycles. The molecule has 0 aliphatic heterocycles. The van der Waals surface area contributed by atoms with Gasteiger partial charge in [0, 0.05) is 0 Å². The van der Waals surface area contributed by atoms with Crippen LogP contribution in [0.15, 0.2) is 0 Å². The zero-order valence-electron chi connectivity index (χ0n) is 11.3. The first-order valence-corrected chi connectivity index (χ1v) is 5.90. The van der Waals surface area contributed by atoms with Crippen molar-refractivity contribution in [1.82, 2.24) is 0 Å². The van der Waals surface area contributed by atoms with Crippen LogP contribution in [0.5, 0.6) is 0 Å². The lowest BCUT2D eigenvalue weighted by atomic mass is 10.4. The Balaban J connectivity index is -0.000000200. The first-order chi connectivity index (χ1) is 6.99. The third kappa shape index (κ3) is 41.4. The van der Waals surface area contributed by atoms with E-state index in [-0.39, 0.29) is 12.7 Å². The van der Waals surface area contributed by atoms with Crippen LogP contribution in [-0.4, -0.2) is 35.6 Å². The third-order valence-electron chi connectivity index (χ3n) is 0.879. The highest BCUT2D eigenvalue weighted by Crippen LogP contribution is 1.90. The van der Waals surface area contributed by atoms with E-state index < -0.39 is 6.10 Å². The summed E-state index contributed by atoms with van der Waals surface area (Å²) in [6.07, 6.45) is 1.89. The molecule has 0 aliphatic rings. The fourth-order valence-corrected chi connectivity index (χ4v) is 0.356. The second kappa shape index (κ2) is 19.5. The van der Waals surface area contributed by atoms with Gasteiger partial charge in [0.05, 0.1) is 25.4 Å². The molecule has 2 unspecified atom stereocenters. The quantitative estimate of drug-likeness (QED) is 0.768. The molecule has 0 bridgehead atoms. The summed E-state index contributed by atoms with van der Waals surface area (Å²) in [6.45, 7) is 12.2. The van der Waals surface area contributed by atoms with Crippen LogP contribution in [0.1, 0.15) is 54.4 Å².